The first-order valence-corrected chi connectivity index (χ1v) is 14.2. The van der Waals surface area contributed by atoms with E-state index in [0.717, 1.165) is 49.6 Å². The predicted octanol–water partition coefficient (Wildman–Crippen LogP) is 8.20. The number of hydrogen-bond donors (Lipinski definition) is 1. The number of thiophene rings is 1. The Morgan fingerprint density at radius 2 is 1.63 bits per heavy atom. The first kappa shape index (κ1) is 26.1. The summed E-state index contributed by atoms with van der Waals surface area (Å²) < 4.78 is 5.98. The highest BCUT2D eigenvalue weighted by Crippen LogP contribution is 2.41. The summed E-state index contributed by atoms with van der Waals surface area (Å²) in [6, 6.07) is 26.1. The molecule has 0 saturated carbocycles. The zero-order valence-corrected chi connectivity index (χ0v) is 23.4. The van der Waals surface area contributed by atoms with E-state index >= 15 is 0 Å². The van der Waals surface area contributed by atoms with Gasteiger partial charge in [0.25, 0.3) is 0 Å². The molecule has 0 aliphatic heterocycles. The summed E-state index contributed by atoms with van der Waals surface area (Å²) in [5.41, 5.74) is 5.36. The Bertz CT molecular complexity index is 1520. The number of aromatic nitrogens is 3. The van der Waals surface area contributed by atoms with Gasteiger partial charge in [-0.2, -0.15) is 0 Å². The molecule has 0 radical (unpaired) electrons. The van der Waals surface area contributed by atoms with Crippen LogP contribution in [-0.2, 0) is 11.4 Å². The lowest BCUT2D eigenvalue weighted by molar-refractivity contribution is 0.0786. The lowest BCUT2D eigenvalue weighted by Gasteiger charge is -2.17. The van der Waals surface area contributed by atoms with Gasteiger partial charge in [-0.25, -0.2) is 15.0 Å². The van der Waals surface area contributed by atoms with E-state index < -0.39 is 5.60 Å². The second-order valence-corrected chi connectivity index (χ2v) is 11.6. The second-order valence-electron chi connectivity index (χ2n) is 9.62. The highest BCUT2D eigenvalue weighted by molar-refractivity contribution is 7.98. The molecule has 3 aromatic heterocycles. The summed E-state index contributed by atoms with van der Waals surface area (Å²) in [4.78, 5) is 15.8. The number of pyridine rings is 1. The molecule has 0 bridgehead atoms. The fourth-order valence-corrected chi connectivity index (χ4v) is 6.30. The Hall–Kier alpha value is -3.52. The van der Waals surface area contributed by atoms with Gasteiger partial charge in [0.2, 0.25) is 5.88 Å². The molecular formula is C31H29N3O2S2. The molecule has 0 saturated heterocycles. The first-order valence-electron chi connectivity index (χ1n) is 12.3. The van der Waals surface area contributed by atoms with E-state index in [1.54, 1.807) is 43.1 Å². The highest BCUT2D eigenvalue weighted by atomic mass is 32.2. The minimum Gasteiger partial charge on any atom is -0.439 e. The largest absolute Gasteiger partial charge is 0.439 e. The van der Waals surface area contributed by atoms with E-state index in [0.29, 0.717) is 5.88 Å². The van der Waals surface area contributed by atoms with E-state index in [-0.39, 0.29) is 0 Å². The normalized spacial score (nSPS) is 11.5. The molecule has 1 N–H and O–H groups in total. The SMILES string of the molecule is Cc1cc(C)nc(SCc2cc(-c3cccc(Oc4ccccn4)c3)sc2-c2ccc(C(C)(C)O)cc2)n1. The van der Waals surface area contributed by atoms with E-state index in [2.05, 4.69) is 39.2 Å². The molecule has 5 rings (SSSR count). The van der Waals surface area contributed by atoms with Gasteiger partial charge in [0.05, 0.1) is 5.60 Å². The molecule has 5 aromatic rings. The maximum Gasteiger partial charge on any atom is 0.219 e. The van der Waals surface area contributed by atoms with Crippen LogP contribution in [0.2, 0.25) is 0 Å². The van der Waals surface area contributed by atoms with Gasteiger partial charge in [0, 0.05) is 39.2 Å². The van der Waals surface area contributed by atoms with Crippen molar-refractivity contribution >= 4 is 23.1 Å². The van der Waals surface area contributed by atoms with Crippen LogP contribution in [0, 0.1) is 13.8 Å². The third-order valence-electron chi connectivity index (χ3n) is 5.96. The quantitative estimate of drug-likeness (QED) is 0.158. The summed E-state index contributed by atoms with van der Waals surface area (Å²) >= 11 is 3.39. The molecule has 38 heavy (non-hydrogen) atoms. The summed E-state index contributed by atoms with van der Waals surface area (Å²) in [7, 11) is 0. The minimum absolute atomic E-state index is 0.564. The van der Waals surface area contributed by atoms with Crippen LogP contribution >= 0.6 is 23.1 Å². The van der Waals surface area contributed by atoms with Gasteiger partial charge < -0.3 is 9.84 Å². The fraction of sp³-hybridized carbons (Fsp3) is 0.194. The van der Waals surface area contributed by atoms with Crippen LogP contribution in [-0.4, -0.2) is 20.1 Å². The van der Waals surface area contributed by atoms with Crippen LogP contribution in [0.15, 0.2) is 90.2 Å². The summed E-state index contributed by atoms with van der Waals surface area (Å²) in [5, 5.41) is 11.2. The lowest BCUT2D eigenvalue weighted by atomic mass is 9.97. The molecule has 0 aliphatic carbocycles. The Kier molecular flexibility index (Phi) is 7.61. The van der Waals surface area contributed by atoms with Crippen molar-refractivity contribution in [1.82, 2.24) is 15.0 Å². The van der Waals surface area contributed by atoms with Crippen LogP contribution in [0.1, 0.15) is 36.4 Å². The van der Waals surface area contributed by atoms with Gasteiger partial charge in [-0.05, 0) is 80.3 Å². The molecule has 0 aliphatic rings. The molecular weight excluding hydrogens is 510 g/mol. The molecule has 2 aromatic carbocycles. The van der Waals surface area contributed by atoms with Crippen molar-refractivity contribution in [1.29, 1.82) is 0 Å². The summed E-state index contributed by atoms with van der Waals surface area (Å²) in [5.74, 6) is 2.05. The lowest BCUT2D eigenvalue weighted by Crippen LogP contribution is -2.14. The number of aliphatic hydroxyl groups is 1. The zero-order valence-electron chi connectivity index (χ0n) is 21.8. The summed E-state index contributed by atoms with van der Waals surface area (Å²) in [6.45, 7) is 7.60. The van der Waals surface area contributed by atoms with E-state index in [4.69, 9.17) is 4.74 Å². The molecule has 192 valence electrons. The molecule has 0 unspecified atom stereocenters. The topological polar surface area (TPSA) is 68.1 Å². The van der Waals surface area contributed by atoms with Crippen LogP contribution in [0.25, 0.3) is 20.9 Å². The molecule has 3 heterocycles. The Balaban J connectivity index is 1.49. The number of benzene rings is 2. The Morgan fingerprint density at radius 3 is 2.32 bits per heavy atom. The van der Waals surface area contributed by atoms with E-state index in [9.17, 15) is 5.11 Å². The van der Waals surface area contributed by atoms with Gasteiger partial charge in [0.1, 0.15) is 5.75 Å². The van der Waals surface area contributed by atoms with Crippen molar-refractivity contribution in [2.24, 2.45) is 0 Å². The molecule has 5 nitrogen and oxygen atoms in total. The van der Waals surface area contributed by atoms with Crippen LogP contribution in [0.3, 0.4) is 0 Å². The predicted molar refractivity (Wildman–Crippen MR) is 156 cm³/mol. The third-order valence-corrected chi connectivity index (χ3v) is 8.13. The molecule has 0 fully saturated rings. The van der Waals surface area contributed by atoms with Gasteiger partial charge in [0.15, 0.2) is 5.16 Å². The number of nitrogens with zero attached hydrogens (tertiary/aromatic N) is 3. The minimum atomic E-state index is -0.883. The van der Waals surface area contributed by atoms with Gasteiger partial charge in [-0.3, -0.25) is 0 Å². The zero-order chi connectivity index (χ0) is 26.7. The molecule has 0 amide bonds. The van der Waals surface area contributed by atoms with Crippen LogP contribution in [0.4, 0.5) is 0 Å². The highest BCUT2D eigenvalue weighted by Gasteiger charge is 2.18. The average molecular weight is 540 g/mol. The molecule has 7 heteroatoms. The Labute approximate surface area is 231 Å². The van der Waals surface area contributed by atoms with Crippen molar-refractivity contribution in [3.63, 3.8) is 0 Å². The first-order chi connectivity index (χ1) is 18.2. The standard InChI is InChI=1S/C31H29N3O2S2/c1-20-16-21(2)34-30(33-20)37-19-24-18-27(38-29(24)22-11-13-25(14-12-22)31(3,4)35)23-8-7-9-26(17-23)36-28-10-5-6-15-32-28/h5-18,35H,19H2,1-4H3. The maximum absolute atomic E-state index is 10.4. The smallest absolute Gasteiger partial charge is 0.219 e. The van der Waals surface area contributed by atoms with Crippen molar-refractivity contribution in [2.45, 2.75) is 44.2 Å². The molecule has 0 spiro atoms. The van der Waals surface area contributed by atoms with Gasteiger partial charge >= 0.3 is 0 Å². The van der Waals surface area contributed by atoms with E-state index in [1.807, 2.05) is 68.4 Å². The van der Waals surface area contributed by atoms with Crippen LogP contribution in [0.5, 0.6) is 11.6 Å². The van der Waals surface area contributed by atoms with Gasteiger partial charge in [-0.15, -0.1) is 11.3 Å². The van der Waals surface area contributed by atoms with E-state index in [1.165, 1.54) is 10.4 Å². The number of aryl methyl sites for hydroxylation is 2. The third kappa shape index (κ3) is 6.30. The fourth-order valence-electron chi connectivity index (χ4n) is 4.09. The number of rotatable bonds is 8. The Morgan fingerprint density at radius 1 is 0.868 bits per heavy atom. The molecule has 0 atom stereocenters. The van der Waals surface area contributed by atoms with Crippen molar-refractivity contribution < 1.29 is 9.84 Å². The van der Waals surface area contributed by atoms with Gasteiger partial charge in [-0.1, -0.05) is 54.2 Å². The number of hydrogen-bond acceptors (Lipinski definition) is 7. The monoisotopic (exact) mass is 539 g/mol. The maximum atomic E-state index is 10.4. The van der Waals surface area contributed by atoms with Crippen molar-refractivity contribution in [3.05, 3.63) is 108 Å². The summed E-state index contributed by atoms with van der Waals surface area (Å²) in [6.07, 6.45) is 1.72. The van der Waals surface area contributed by atoms with Crippen LogP contribution < -0.4 is 4.74 Å². The van der Waals surface area contributed by atoms with Crippen molar-refractivity contribution in [2.75, 3.05) is 0 Å². The van der Waals surface area contributed by atoms with Crippen molar-refractivity contribution in [3.8, 4) is 32.5 Å². The second kappa shape index (κ2) is 11.1. The average Bonchev–Trinajstić information content (AvgIpc) is 3.32. The number of thioether (sulfide) groups is 1. The number of ether oxygens (including phenoxy) is 1.